The number of nitriles is 2. The van der Waals surface area contributed by atoms with Crippen molar-refractivity contribution in [3.8, 4) is 23.4 Å². The van der Waals surface area contributed by atoms with Gasteiger partial charge in [-0.3, -0.25) is 0 Å². The van der Waals surface area contributed by atoms with Crippen LogP contribution in [0.3, 0.4) is 0 Å². The standard InChI is InChI=1S/C17H10BrN3O/c1-22-21-15-8-13(10-20)12(9-19)7-14(15)16(18)17(21)11-5-3-2-4-6-11/h2-8H,1H3. The summed E-state index contributed by atoms with van der Waals surface area (Å²) in [4.78, 5) is 5.50. The van der Waals surface area contributed by atoms with Crippen molar-refractivity contribution < 1.29 is 4.84 Å². The van der Waals surface area contributed by atoms with Crippen LogP contribution < -0.4 is 4.84 Å². The van der Waals surface area contributed by atoms with Crippen molar-refractivity contribution >= 4 is 26.8 Å². The number of hydrogen-bond donors (Lipinski definition) is 0. The summed E-state index contributed by atoms with van der Waals surface area (Å²) < 4.78 is 2.49. The highest BCUT2D eigenvalue weighted by molar-refractivity contribution is 9.10. The van der Waals surface area contributed by atoms with E-state index in [-0.39, 0.29) is 0 Å². The molecule has 0 aliphatic rings. The zero-order valence-electron chi connectivity index (χ0n) is 11.7. The van der Waals surface area contributed by atoms with Crippen LogP contribution in [0.2, 0.25) is 0 Å². The third-order valence-corrected chi connectivity index (χ3v) is 4.28. The molecule has 0 aliphatic carbocycles. The van der Waals surface area contributed by atoms with Crippen LogP contribution in [-0.4, -0.2) is 11.8 Å². The van der Waals surface area contributed by atoms with Gasteiger partial charge < -0.3 is 4.84 Å². The van der Waals surface area contributed by atoms with Crippen LogP contribution in [0.4, 0.5) is 0 Å². The molecule has 3 aromatic rings. The summed E-state index contributed by atoms with van der Waals surface area (Å²) in [6.07, 6.45) is 0. The highest BCUT2D eigenvalue weighted by Crippen LogP contribution is 2.38. The minimum atomic E-state index is 0.331. The second kappa shape index (κ2) is 5.55. The first kappa shape index (κ1) is 14.2. The fraction of sp³-hybridized carbons (Fsp3) is 0.0588. The van der Waals surface area contributed by atoms with Gasteiger partial charge in [0.25, 0.3) is 0 Å². The largest absolute Gasteiger partial charge is 0.416 e. The van der Waals surface area contributed by atoms with Gasteiger partial charge in [-0.2, -0.15) is 15.3 Å². The molecule has 5 heteroatoms. The number of hydrogen-bond acceptors (Lipinski definition) is 3. The molecule has 3 rings (SSSR count). The molecular weight excluding hydrogens is 342 g/mol. The average Bonchev–Trinajstić information content (AvgIpc) is 2.85. The number of aromatic nitrogens is 1. The number of rotatable bonds is 2. The van der Waals surface area contributed by atoms with E-state index in [1.807, 2.05) is 30.3 Å². The Balaban J connectivity index is 2.43. The van der Waals surface area contributed by atoms with Crippen LogP contribution in [0.1, 0.15) is 11.1 Å². The first-order valence-corrected chi connectivity index (χ1v) is 7.28. The first-order chi connectivity index (χ1) is 10.7. The summed E-state index contributed by atoms with van der Waals surface area (Å²) in [5.41, 5.74) is 3.24. The zero-order chi connectivity index (χ0) is 15.7. The smallest absolute Gasteiger partial charge is 0.104 e. The Morgan fingerprint density at radius 2 is 1.68 bits per heavy atom. The predicted octanol–water partition coefficient (Wildman–Crippen LogP) is 3.87. The Morgan fingerprint density at radius 1 is 1.05 bits per heavy atom. The molecule has 0 radical (unpaired) electrons. The van der Waals surface area contributed by atoms with Gasteiger partial charge >= 0.3 is 0 Å². The maximum atomic E-state index is 9.20. The monoisotopic (exact) mass is 351 g/mol. The van der Waals surface area contributed by atoms with Crippen LogP contribution in [0.25, 0.3) is 22.2 Å². The lowest BCUT2D eigenvalue weighted by Gasteiger charge is -2.09. The molecule has 0 fully saturated rings. The third-order valence-electron chi connectivity index (χ3n) is 3.47. The summed E-state index contributed by atoms with van der Waals surface area (Å²) >= 11 is 3.60. The van der Waals surface area contributed by atoms with Crippen LogP contribution in [-0.2, 0) is 0 Å². The van der Waals surface area contributed by atoms with E-state index >= 15 is 0 Å². The fourth-order valence-electron chi connectivity index (χ4n) is 2.48. The fourth-order valence-corrected chi connectivity index (χ4v) is 3.19. The van der Waals surface area contributed by atoms with Crippen molar-refractivity contribution in [2.75, 3.05) is 7.11 Å². The molecule has 2 aromatic carbocycles. The van der Waals surface area contributed by atoms with E-state index in [2.05, 4.69) is 28.1 Å². The molecule has 0 bridgehead atoms. The van der Waals surface area contributed by atoms with Gasteiger partial charge in [0.05, 0.1) is 21.1 Å². The van der Waals surface area contributed by atoms with Crippen molar-refractivity contribution in [3.05, 3.63) is 58.1 Å². The zero-order valence-corrected chi connectivity index (χ0v) is 13.3. The third kappa shape index (κ3) is 2.04. The van der Waals surface area contributed by atoms with E-state index in [0.29, 0.717) is 11.1 Å². The van der Waals surface area contributed by atoms with Gasteiger partial charge in [0.2, 0.25) is 0 Å². The summed E-state index contributed by atoms with van der Waals surface area (Å²) in [6, 6.07) is 17.3. The Morgan fingerprint density at radius 3 is 2.27 bits per heavy atom. The summed E-state index contributed by atoms with van der Waals surface area (Å²) in [5.74, 6) is 0. The molecule has 0 aliphatic heterocycles. The lowest BCUT2D eigenvalue weighted by molar-refractivity contribution is 0.183. The van der Waals surface area contributed by atoms with Crippen molar-refractivity contribution in [2.24, 2.45) is 0 Å². The minimum absolute atomic E-state index is 0.331. The molecule has 0 saturated heterocycles. The van der Waals surface area contributed by atoms with Gasteiger partial charge in [0, 0.05) is 10.9 Å². The van der Waals surface area contributed by atoms with Crippen molar-refractivity contribution in [3.63, 3.8) is 0 Å². The molecule has 0 amide bonds. The molecule has 0 unspecified atom stereocenters. The Kier molecular flexibility index (Phi) is 3.58. The van der Waals surface area contributed by atoms with E-state index in [1.165, 1.54) is 0 Å². The van der Waals surface area contributed by atoms with E-state index < -0.39 is 0 Å². The highest BCUT2D eigenvalue weighted by Gasteiger charge is 2.19. The van der Waals surface area contributed by atoms with Crippen LogP contribution in [0.5, 0.6) is 0 Å². The molecule has 0 atom stereocenters. The number of nitrogens with zero attached hydrogens (tertiary/aromatic N) is 3. The molecular formula is C17H10BrN3O. The number of halogens is 1. The lowest BCUT2D eigenvalue weighted by atomic mass is 10.1. The van der Waals surface area contributed by atoms with Gasteiger partial charge in [-0.05, 0) is 28.1 Å². The average molecular weight is 352 g/mol. The van der Waals surface area contributed by atoms with E-state index in [4.69, 9.17) is 4.84 Å². The molecule has 4 nitrogen and oxygen atoms in total. The van der Waals surface area contributed by atoms with E-state index in [0.717, 1.165) is 26.6 Å². The summed E-state index contributed by atoms with van der Waals surface area (Å²) in [6.45, 7) is 0. The first-order valence-electron chi connectivity index (χ1n) is 6.49. The number of benzene rings is 2. The van der Waals surface area contributed by atoms with Crippen molar-refractivity contribution in [1.29, 1.82) is 10.5 Å². The van der Waals surface area contributed by atoms with Gasteiger partial charge in [-0.15, -0.1) is 0 Å². The second-order valence-electron chi connectivity index (χ2n) is 4.64. The van der Waals surface area contributed by atoms with E-state index in [9.17, 15) is 10.5 Å². The van der Waals surface area contributed by atoms with Gasteiger partial charge in [-0.1, -0.05) is 30.3 Å². The van der Waals surface area contributed by atoms with Crippen LogP contribution in [0, 0.1) is 22.7 Å². The SMILES string of the molecule is COn1c(-c2ccccc2)c(Br)c2cc(C#N)c(C#N)cc21. The normalized spacial score (nSPS) is 10.2. The topological polar surface area (TPSA) is 61.7 Å². The van der Waals surface area contributed by atoms with E-state index in [1.54, 1.807) is 24.0 Å². The molecule has 1 aromatic heterocycles. The van der Waals surface area contributed by atoms with Gasteiger partial charge in [-0.25, -0.2) is 0 Å². The Labute approximate surface area is 135 Å². The maximum Gasteiger partial charge on any atom is 0.104 e. The van der Waals surface area contributed by atoms with Gasteiger partial charge in [0.15, 0.2) is 0 Å². The minimum Gasteiger partial charge on any atom is -0.416 e. The Bertz CT molecular complexity index is 946. The number of fused-ring (bicyclic) bond motifs is 1. The van der Waals surface area contributed by atoms with Crippen LogP contribution >= 0.6 is 15.9 Å². The molecule has 0 spiro atoms. The lowest BCUT2D eigenvalue weighted by Crippen LogP contribution is -2.07. The van der Waals surface area contributed by atoms with Crippen LogP contribution in [0.15, 0.2) is 46.9 Å². The highest BCUT2D eigenvalue weighted by atomic mass is 79.9. The molecule has 106 valence electrons. The second-order valence-corrected chi connectivity index (χ2v) is 5.44. The molecule has 0 saturated carbocycles. The molecule has 0 N–H and O–H groups in total. The molecule has 22 heavy (non-hydrogen) atoms. The summed E-state index contributed by atoms with van der Waals surface area (Å²) in [5, 5.41) is 19.2. The summed E-state index contributed by atoms with van der Waals surface area (Å²) in [7, 11) is 1.57. The van der Waals surface area contributed by atoms with Crippen molar-refractivity contribution in [2.45, 2.75) is 0 Å². The predicted molar refractivity (Wildman–Crippen MR) is 87.0 cm³/mol. The quantitative estimate of drug-likeness (QED) is 0.703. The molecule has 1 heterocycles. The van der Waals surface area contributed by atoms with Crippen molar-refractivity contribution in [1.82, 2.24) is 4.73 Å². The van der Waals surface area contributed by atoms with Gasteiger partial charge in [0.1, 0.15) is 24.9 Å². The maximum absolute atomic E-state index is 9.20. The Hall–Kier alpha value is -2.76.